The minimum absolute atomic E-state index is 0.0695. The van der Waals surface area contributed by atoms with Gasteiger partial charge in [0.25, 0.3) is 5.91 Å². The van der Waals surface area contributed by atoms with E-state index in [1.807, 2.05) is 36.4 Å². The van der Waals surface area contributed by atoms with Crippen LogP contribution in [-0.2, 0) is 0 Å². The highest BCUT2D eigenvalue weighted by atomic mass is 16.5. The topological polar surface area (TPSA) is 70.2 Å². The normalized spacial score (nSPS) is 12.3. The first-order valence-corrected chi connectivity index (χ1v) is 9.26. The zero-order valence-corrected chi connectivity index (χ0v) is 16.0. The highest BCUT2D eigenvalue weighted by molar-refractivity contribution is 6.05. The van der Waals surface area contributed by atoms with E-state index in [0.717, 1.165) is 35.3 Å². The Kier molecular flexibility index (Phi) is 6.08. The van der Waals surface area contributed by atoms with Crippen molar-refractivity contribution in [2.24, 2.45) is 0 Å². The summed E-state index contributed by atoms with van der Waals surface area (Å²) in [6, 6.07) is 13.7. The lowest BCUT2D eigenvalue weighted by Crippen LogP contribution is -2.38. The summed E-state index contributed by atoms with van der Waals surface area (Å²) in [4.78, 5) is 15.1. The number of ether oxygens (including phenoxy) is 1. The molecule has 2 N–H and O–H groups in total. The summed E-state index contributed by atoms with van der Waals surface area (Å²) in [5.74, 6) is 0.711. The molecule has 3 aromatic rings. The molecular weight excluding hydrogens is 340 g/mol. The number of rotatable bonds is 8. The van der Waals surface area contributed by atoms with Gasteiger partial charge in [0, 0.05) is 11.9 Å². The van der Waals surface area contributed by atoms with Crippen LogP contribution in [0.5, 0.6) is 5.75 Å². The minimum atomic E-state index is -0.107. The molecule has 1 atom stereocenters. The van der Waals surface area contributed by atoms with Gasteiger partial charge in [0.15, 0.2) is 0 Å². The zero-order valence-electron chi connectivity index (χ0n) is 16.0. The molecule has 1 aromatic heterocycles. The number of aromatic nitrogens is 2. The van der Waals surface area contributed by atoms with Gasteiger partial charge in [0.2, 0.25) is 0 Å². The predicted octanol–water partition coefficient (Wildman–Crippen LogP) is 3.38. The number of nitrogens with one attached hydrogen (secondary N) is 2. The van der Waals surface area contributed by atoms with Crippen LogP contribution in [-0.4, -0.2) is 47.7 Å². The van der Waals surface area contributed by atoms with E-state index in [4.69, 9.17) is 4.74 Å². The van der Waals surface area contributed by atoms with E-state index in [1.165, 1.54) is 0 Å². The molecule has 6 heteroatoms. The first-order valence-electron chi connectivity index (χ1n) is 9.26. The molecule has 3 rings (SSSR count). The Bertz CT molecular complexity index is 902. The summed E-state index contributed by atoms with van der Waals surface area (Å²) in [6.07, 6.45) is 1.72. The molecule has 6 nitrogen and oxygen atoms in total. The van der Waals surface area contributed by atoms with E-state index in [2.05, 4.69) is 40.3 Å². The molecule has 0 saturated heterocycles. The minimum Gasteiger partial charge on any atom is -0.497 e. The second-order valence-electron chi connectivity index (χ2n) is 6.36. The smallest absolute Gasteiger partial charge is 0.253 e. The van der Waals surface area contributed by atoms with Gasteiger partial charge in [-0.05, 0) is 36.9 Å². The molecule has 27 heavy (non-hydrogen) atoms. The molecule has 0 aliphatic carbocycles. The molecule has 0 fully saturated rings. The van der Waals surface area contributed by atoms with Gasteiger partial charge in [-0.3, -0.25) is 14.8 Å². The Balaban J connectivity index is 1.81. The van der Waals surface area contributed by atoms with Crippen molar-refractivity contribution < 1.29 is 9.53 Å². The molecule has 2 aromatic carbocycles. The fraction of sp³-hybridized carbons (Fsp3) is 0.333. The summed E-state index contributed by atoms with van der Waals surface area (Å²) in [7, 11) is 1.67. The van der Waals surface area contributed by atoms with Crippen LogP contribution in [0.2, 0.25) is 0 Å². The summed E-state index contributed by atoms with van der Waals surface area (Å²) < 4.78 is 5.37. The van der Waals surface area contributed by atoms with Crippen LogP contribution >= 0.6 is 0 Å². The van der Waals surface area contributed by atoms with Crippen LogP contribution in [0, 0.1) is 0 Å². The fourth-order valence-electron chi connectivity index (χ4n) is 3.41. The SMILES string of the molecule is CCN(CC)C(CNC(=O)c1cccc2cn[nH]c12)c1cccc(OC)c1. The maximum Gasteiger partial charge on any atom is 0.253 e. The fourth-order valence-corrected chi connectivity index (χ4v) is 3.41. The van der Waals surface area contributed by atoms with Gasteiger partial charge in [0.05, 0.1) is 30.4 Å². The third-order valence-electron chi connectivity index (χ3n) is 4.91. The molecule has 1 heterocycles. The van der Waals surface area contributed by atoms with Crippen molar-refractivity contribution >= 4 is 16.8 Å². The quantitative estimate of drug-likeness (QED) is 0.641. The van der Waals surface area contributed by atoms with Crippen LogP contribution in [0.3, 0.4) is 0 Å². The van der Waals surface area contributed by atoms with Gasteiger partial charge in [-0.15, -0.1) is 0 Å². The van der Waals surface area contributed by atoms with E-state index in [9.17, 15) is 4.79 Å². The molecule has 1 unspecified atom stereocenters. The van der Waals surface area contributed by atoms with Crippen molar-refractivity contribution in [3.63, 3.8) is 0 Å². The largest absolute Gasteiger partial charge is 0.497 e. The van der Waals surface area contributed by atoms with Gasteiger partial charge < -0.3 is 10.1 Å². The third kappa shape index (κ3) is 4.11. The second kappa shape index (κ2) is 8.68. The van der Waals surface area contributed by atoms with Crippen LogP contribution < -0.4 is 10.1 Å². The van der Waals surface area contributed by atoms with Crippen LogP contribution in [0.15, 0.2) is 48.7 Å². The number of carbonyl (C=O) groups excluding carboxylic acids is 1. The second-order valence-corrected chi connectivity index (χ2v) is 6.36. The molecule has 0 spiro atoms. The number of hydrogen-bond acceptors (Lipinski definition) is 4. The van der Waals surface area contributed by atoms with Crippen molar-refractivity contribution in [3.05, 3.63) is 59.8 Å². The predicted molar refractivity (Wildman–Crippen MR) is 107 cm³/mol. The number of H-pyrrole nitrogens is 1. The van der Waals surface area contributed by atoms with Crippen molar-refractivity contribution in [2.45, 2.75) is 19.9 Å². The average molecular weight is 366 g/mol. The number of carbonyl (C=O) groups is 1. The molecule has 0 aliphatic heterocycles. The summed E-state index contributed by atoms with van der Waals surface area (Å²) in [6.45, 7) is 6.56. The summed E-state index contributed by atoms with van der Waals surface area (Å²) in [5.41, 5.74) is 2.49. The highest BCUT2D eigenvalue weighted by Gasteiger charge is 2.20. The van der Waals surface area contributed by atoms with E-state index in [-0.39, 0.29) is 11.9 Å². The van der Waals surface area contributed by atoms with Crippen molar-refractivity contribution in [3.8, 4) is 5.75 Å². The number of methoxy groups -OCH3 is 1. The number of hydrogen-bond donors (Lipinski definition) is 2. The number of fused-ring (bicyclic) bond motifs is 1. The van der Waals surface area contributed by atoms with Crippen molar-refractivity contribution in [1.29, 1.82) is 0 Å². The molecule has 142 valence electrons. The van der Waals surface area contributed by atoms with Gasteiger partial charge in [0.1, 0.15) is 5.75 Å². The first-order chi connectivity index (χ1) is 13.2. The molecule has 0 bridgehead atoms. The monoisotopic (exact) mass is 366 g/mol. The number of amides is 1. The Morgan fingerprint density at radius 2 is 2.00 bits per heavy atom. The maximum absolute atomic E-state index is 12.8. The Hall–Kier alpha value is -2.86. The standard InChI is InChI=1S/C21H26N4O2/c1-4-25(5-2)19(15-8-6-10-17(12-15)27-3)14-22-21(26)18-11-7-9-16-13-23-24-20(16)18/h6-13,19H,4-5,14H2,1-3H3,(H,22,26)(H,23,24). The van der Waals surface area contributed by atoms with E-state index < -0.39 is 0 Å². The Morgan fingerprint density at radius 1 is 1.22 bits per heavy atom. The summed E-state index contributed by atoms with van der Waals surface area (Å²) in [5, 5.41) is 11.0. The molecule has 1 amide bonds. The molecule has 0 radical (unpaired) electrons. The lowest BCUT2D eigenvalue weighted by molar-refractivity contribution is 0.0936. The van der Waals surface area contributed by atoms with Crippen LogP contribution in [0.25, 0.3) is 10.9 Å². The Morgan fingerprint density at radius 3 is 2.74 bits per heavy atom. The van der Waals surface area contributed by atoms with Gasteiger partial charge in [-0.25, -0.2) is 0 Å². The number of aromatic amines is 1. The zero-order chi connectivity index (χ0) is 19.2. The maximum atomic E-state index is 12.8. The number of benzene rings is 2. The van der Waals surface area contributed by atoms with E-state index in [0.29, 0.717) is 12.1 Å². The Labute approximate surface area is 159 Å². The average Bonchev–Trinajstić information content (AvgIpc) is 3.19. The third-order valence-corrected chi connectivity index (χ3v) is 4.91. The van der Waals surface area contributed by atoms with E-state index in [1.54, 1.807) is 13.3 Å². The van der Waals surface area contributed by atoms with Crippen molar-refractivity contribution in [2.75, 3.05) is 26.7 Å². The van der Waals surface area contributed by atoms with Gasteiger partial charge in [-0.2, -0.15) is 5.10 Å². The van der Waals surface area contributed by atoms with Crippen LogP contribution in [0.1, 0.15) is 35.8 Å². The first kappa shape index (κ1) is 18.9. The van der Waals surface area contributed by atoms with Gasteiger partial charge in [-0.1, -0.05) is 38.1 Å². The molecule has 0 saturated carbocycles. The molecular formula is C21H26N4O2. The van der Waals surface area contributed by atoms with E-state index >= 15 is 0 Å². The number of likely N-dealkylation sites (N-methyl/N-ethyl adjacent to an activating group) is 1. The highest BCUT2D eigenvalue weighted by Crippen LogP contribution is 2.24. The lowest BCUT2D eigenvalue weighted by Gasteiger charge is -2.30. The van der Waals surface area contributed by atoms with Crippen molar-refractivity contribution in [1.82, 2.24) is 20.4 Å². The number of nitrogens with zero attached hydrogens (tertiary/aromatic N) is 2. The van der Waals surface area contributed by atoms with Crippen LogP contribution in [0.4, 0.5) is 0 Å². The van der Waals surface area contributed by atoms with Gasteiger partial charge >= 0.3 is 0 Å². The summed E-state index contributed by atoms with van der Waals surface area (Å²) >= 11 is 0. The molecule has 0 aliphatic rings. The lowest BCUT2D eigenvalue weighted by atomic mass is 10.0. The number of para-hydroxylation sites is 1.